The molecule has 0 saturated heterocycles. The highest BCUT2D eigenvalue weighted by molar-refractivity contribution is 7.16. The zero-order valence-electron chi connectivity index (χ0n) is 48.6. The van der Waals surface area contributed by atoms with Crippen LogP contribution < -0.4 is 41.7 Å². The molecule has 0 aliphatic heterocycles. The molecule has 446 valence electrons. The number of imidazole rings is 1. The van der Waals surface area contributed by atoms with Gasteiger partial charge >= 0.3 is 23.9 Å². The zero-order chi connectivity index (χ0) is 61.1. The van der Waals surface area contributed by atoms with E-state index in [0.717, 1.165) is 11.3 Å². The standard InChI is InChI=1S/C56H71N11O15S/c1-13-34-45(79-30(4)60-34)50(73)64-52-62-37-24-32(47(57)70)26-39(77-23-17-18-41(68)78-29(3)28-59-49(72)36(63-54(75)82-56(9,10)11)19-20-42(69)81-55(6,7)8)43(37)66(52)21-15-16-22-67-44-38(76-12)25-33(48(58)71)27-40(44)83-53(67)65-51(74)46-35(14-2)61-31(5)80-46/h15-16,24-27,29,36H,13-14,17-23,28H2,1-12H3,(H2,57,70)(H2,58,71)(H,59,72)(H,63,75)(H,62,64,73)/b16-15+,65-53-/t29-,36-/m0/s1. The molecule has 0 bridgehead atoms. The van der Waals surface area contributed by atoms with Crippen molar-refractivity contribution in [3.05, 3.63) is 87.0 Å². The summed E-state index contributed by atoms with van der Waals surface area (Å²) in [6.07, 6.45) is 2.31. The molecule has 0 saturated carbocycles. The number of nitrogens with two attached hydrogens (primary N) is 2. The number of benzene rings is 2. The number of esters is 2. The van der Waals surface area contributed by atoms with Gasteiger partial charge in [-0.3, -0.25) is 38.9 Å². The molecule has 0 fully saturated rings. The van der Waals surface area contributed by atoms with E-state index in [9.17, 15) is 38.4 Å². The van der Waals surface area contributed by atoms with E-state index < -0.39 is 70.9 Å². The van der Waals surface area contributed by atoms with Crippen LogP contribution in [-0.2, 0) is 54.5 Å². The molecule has 6 rings (SSSR count). The molecule has 2 atom stereocenters. The number of hydrogen-bond acceptors (Lipinski definition) is 19. The average molecular weight is 1170 g/mol. The number of anilines is 1. The minimum absolute atomic E-state index is 0.00492. The number of aryl methyl sites for hydroxylation is 4. The second-order valence-electron chi connectivity index (χ2n) is 21.0. The number of amides is 6. The number of alkyl carbamates (subject to hydrolysis) is 1. The largest absolute Gasteiger partial charge is 0.494 e. The zero-order valence-corrected chi connectivity index (χ0v) is 49.4. The Labute approximate surface area is 481 Å². The summed E-state index contributed by atoms with van der Waals surface area (Å²) in [4.78, 5) is 122. The molecule has 83 heavy (non-hydrogen) atoms. The lowest BCUT2D eigenvalue weighted by atomic mass is 10.1. The van der Waals surface area contributed by atoms with Gasteiger partial charge in [-0.2, -0.15) is 4.99 Å². The number of carbonyl (C=O) groups excluding carboxylic acids is 8. The minimum atomic E-state index is -1.18. The number of nitrogens with zero attached hydrogens (tertiary/aromatic N) is 6. The number of nitrogens with one attached hydrogen (secondary N) is 3. The number of fused-ring (bicyclic) bond motifs is 2. The second-order valence-corrected chi connectivity index (χ2v) is 22.0. The molecule has 6 amide bonds. The Morgan fingerprint density at radius 1 is 0.771 bits per heavy atom. The number of hydrogen-bond donors (Lipinski definition) is 5. The predicted molar refractivity (Wildman–Crippen MR) is 303 cm³/mol. The van der Waals surface area contributed by atoms with Crippen molar-refractivity contribution in [2.75, 3.05) is 25.6 Å². The molecule has 0 spiro atoms. The second kappa shape index (κ2) is 27.3. The Kier molecular flexibility index (Phi) is 20.8. The number of rotatable bonds is 25. The molecule has 7 N–H and O–H groups in total. The van der Waals surface area contributed by atoms with Crippen molar-refractivity contribution < 1.29 is 70.9 Å². The van der Waals surface area contributed by atoms with Gasteiger partial charge in [-0.15, -0.1) is 0 Å². The topological polar surface area (TPSA) is 358 Å². The van der Waals surface area contributed by atoms with Crippen LogP contribution in [0.15, 0.2) is 50.2 Å². The maximum atomic E-state index is 13.9. The van der Waals surface area contributed by atoms with Crippen molar-refractivity contribution in [1.82, 2.24) is 34.7 Å². The van der Waals surface area contributed by atoms with Crippen LogP contribution in [0.25, 0.3) is 21.3 Å². The third-order valence-corrected chi connectivity index (χ3v) is 13.0. The van der Waals surface area contributed by atoms with Crippen LogP contribution in [0.2, 0.25) is 0 Å². The van der Waals surface area contributed by atoms with Crippen LogP contribution in [0, 0.1) is 13.8 Å². The van der Waals surface area contributed by atoms with Gasteiger partial charge in [0.05, 0.1) is 41.9 Å². The lowest BCUT2D eigenvalue weighted by Crippen LogP contribution is -2.49. The first-order valence-corrected chi connectivity index (χ1v) is 27.5. The average Bonchev–Trinajstić information content (AvgIpc) is 2.61. The van der Waals surface area contributed by atoms with Crippen molar-refractivity contribution in [1.29, 1.82) is 0 Å². The number of oxazole rings is 2. The van der Waals surface area contributed by atoms with E-state index in [0.29, 0.717) is 45.9 Å². The van der Waals surface area contributed by atoms with Gasteiger partial charge in [-0.1, -0.05) is 37.3 Å². The Morgan fingerprint density at radius 2 is 1.37 bits per heavy atom. The van der Waals surface area contributed by atoms with Gasteiger partial charge in [-0.25, -0.2) is 19.7 Å². The Morgan fingerprint density at radius 3 is 1.99 bits per heavy atom. The first-order valence-electron chi connectivity index (χ1n) is 26.7. The Bertz CT molecular complexity index is 3530. The number of methoxy groups -OCH3 is 1. The minimum Gasteiger partial charge on any atom is -0.494 e. The van der Waals surface area contributed by atoms with Gasteiger partial charge in [0.1, 0.15) is 45.9 Å². The van der Waals surface area contributed by atoms with Crippen molar-refractivity contribution >= 4 is 86.1 Å². The van der Waals surface area contributed by atoms with Crippen molar-refractivity contribution in [2.45, 2.75) is 151 Å². The molecular weight excluding hydrogens is 1100 g/mol. The monoisotopic (exact) mass is 1170 g/mol. The summed E-state index contributed by atoms with van der Waals surface area (Å²) >= 11 is 1.12. The van der Waals surface area contributed by atoms with Gasteiger partial charge in [0.2, 0.25) is 35.2 Å². The summed E-state index contributed by atoms with van der Waals surface area (Å²) in [5.41, 5.74) is 11.9. The number of thiazole rings is 1. The summed E-state index contributed by atoms with van der Waals surface area (Å²) < 4.78 is 43.5. The molecule has 0 aliphatic carbocycles. The smallest absolute Gasteiger partial charge is 0.408 e. The summed E-state index contributed by atoms with van der Waals surface area (Å²) in [5.74, 6) is -3.71. The van der Waals surface area contributed by atoms with Gasteiger partial charge in [0.25, 0.3) is 5.91 Å². The first-order chi connectivity index (χ1) is 39.1. The third-order valence-electron chi connectivity index (χ3n) is 11.9. The number of allylic oxidation sites excluding steroid dienone is 2. The normalized spacial score (nSPS) is 12.7. The van der Waals surface area contributed by atoms with Crippen molar-refractivity contribution in [3.63, 3.8) is 0 Å². The van der Waals surface area contributed by atoms with Crippen LogP contribution >= 0.6 is 11.3 Å². The lowest BCUT2D eigenvalue weighted by molar-refractivity contribution is -0.155. The summed E-state index contributed by atoms with van der Waals surface area (Å²) in [7, 11) is 1.43. The van der Waals surface area contributed by atoms with E-state index in [1.807, 2.05) is 13.8 Å². The van der Waals surface area contributed by atoms with E-state index in [2.05, 4.69) is 30.9 Å². The van der Waals surface area contributed by atoms with Crippen LogP contribution in [-0.4, -0.2) is 115 Å². The van der Waals surface area contributed by atoms with Crippen molar-refractivity contribution in [2.24, 2.45) is 16.5 Å². The Hall–Kier alpha value is -8.88. The van der Waals surface area contributed by atoms with E-state index in [1.165, 1.54) is 25.3 Å². The van der Waals surface area contributed by atoms with Gasteiger partial charge in [0.15, 0.2) is 16.6 Å². The molecule has 4 aromatic heterocycles. The molecule has 2 aromatic carbocycles. The number of carbonyl (C=O) groups is 8. The summed E-state index contributed by atoms with van der Waals surface area (Å²) in [6, 6.07) is 4.74. The molecule has 27 heteroatoms. The highest BCUT2D eigenvalue weighted by Gasteiger charge is 2.29. The maximum Gasteiger partial charge on any atom is 0.408 e. The fraction of sp³-hybridized carbons (Fsp3) is 0.464. The van der Waals surface area contributed by atoms with Crippen molar-refractivity contribution in [3.8, 4) is 11.5 Å². The highest BCUT2D eigenvalue weighted by atomic mass is 32.1. The van der Waals surface area contributed by atoms with Gasteiger partial charge < -0.3 is 63.8 Å². The van der Waals surface area contributed by atoms with E-state index >= 15 is 0 Å². The van der Waals surface area contributed by atoms with Gasteiger partial charge in [-0.05, 0) is 98.4 Å². The maximum absolute atomic E-state index is 13.9. The first kappa shape index (κ1) is 63.3. The molecule has 26 nitrogen and oxygen atoms in total. The molecule has 6 aromatic rings. The number of primary amides is 2. The predicted octanol–water partition coefficient (Wildman–Crippen LogP) is 6.45. The van der Waals surface area contributed by atoms with Gasteiger partial charge in [0, 0.05) is 50.9 Å². The lowest BCUT2D eigenvalue weighted by Gasteiger charge is -2.24. The molecule has 0 aliphatic rings. The SMILES string of the molecule is CCc1nc(C)oc1C(=O)/N=c1\sc2cc(C(N)=O)cc(OC)c2n1C/C=C/Cn1c(NC(=O)c2oc(C)nc2CC)nc2cc(C(N)=O)cc(OCCCC(=O)O[C@@H](C)CNC(=O)[C@H](CCC(=O)OC(C)(C)C)NC(=O)OC(C)(C)C)c21. The number of aromatic nitrogens is 5. The fourth-order valence-corrected chi connectivity index (χ4v) is 9.46. The third kappa shape index (κ3) is 17.1. The van der Waals surface area contributed by atoms with Crippen LogP contribution in [0.1, 0.15) is 153 Å². The van der Waals surface area contributed by atoms with E-state index in [1.54, 1.807) is 89.7 Å². The Balaban J connectivity index is 1.24. The number of ether oxygens (including phenoxy) is 5. The molecule has 4 heterocycles. The van der Waals surface area contributed by atoms with E-state index in [4.69, 9.17) is 49.0 Å². The quantitative estimate of drug-likeness (QED) is 0.0178. The molecule has 0 unspecified atom stereocenters. The van der Waals surface area contributed by atoms with Crippen LogP contribution in [0.5, 0.6) is 11.5 Å². The summed E-state index contributed by atoms with van der Waals surface area (Å²) in [6.45, 7) is 18.4. The molecular formula is C56H71N11O15S. The van der Waals surface area contributed by atoms with Crippen LogP contribution in [0.4, 0.5) is 10.7 Å². The van der Waals surface area contributed by atoms with E-state index in [-0.39, 0.29) is 108 Å². The van der Waals surface area contributed by atoms with Crippen LogP contribution in [0.3, 0.4) is 0 Å². The highest BCUT2D eigenvalue weighted by Crippen LogP contribution is 2.33. The molecule has 0 radical (unpaired) electrons. The summed E-state index contributed by atoms with van der Waals surface area (Å²) in [5, 5.41) is 7.98. The fourth-order valence-electron chi connectivity index (χ4n) is 8.37.